The number of nitrogens with zero attached hydrogens (tertiary/aromatic N) is 3. The highest BCUT2D eigenvalue weighted by Crippen LogP contribution is 2.24. The zero-order valence-corrected chi connectivity index (χ0v) is 13.7. The van der Waals surface area contributed by atoms with Gasteiger partial charge in [-0.05, 0) is 24.5 Å². The molecule has 0 amide bonds. The summed E-state index contributed by atoms with van der Waals surface area (Å²) < 4.78 is 52.3. The zero-order valence-electron chi connectivity index (χ0n) is 12.9. The van der Waals surface area contributed by atoms with Gasteiger partial charge in [-0.25, -0.2) is 17.8 Å². The molecule has 6 nitrogen and oxygen atoms in total. The van der Waals surface area contributed by atoms with Gasteiger partial charge in [0.05, 0.1) is 12.4 Å². The molecule has 1 N–H and O–H groups in total. The molecule has 1 aromatic carbocycles. The number of halogens is 2. The van der Waals surface area contributed by atoms with E-state index in [4.69, 9.17) is 0 Å². The van der Waals surface area contributed by atoms with E-state index in [1.165, 1.54) is 0 Å². The van der Waals surface area contributed by atoms with Crippen LogP contribution in [-0.4, -0.2) is 31.3 Å². The Bertz CT molecular complexity index is 801. The van der Waals surface area contributed by atoms with E-state index in [1.807, 2.05) is 24.3 Å². The van der Waals surface area contributed by atoms with Crippen LogP contribution in [0.5, 0.6) is 0 Å². The minimum Gasteiger partial charge on any atom is -0.371 e. The Hall–Kier alpha value is -2.00. The summed E-state index contributed by atoms with van der Waals surface area (Å²) in [4.78, 5) is 1.94. The molecule has 2 aromatic rings. The number of rotatable bonds is 6. The second-order valence-corrected chi connectivity index (χ2v) is 7.35. The first-order valence-corrected chi connectivity index (χ1v) is 9.10. The van der Waals surface area contributed by atoms with Gasteiger partial charge >= 0.3 is 6.55 Å². The molecule has 0 aliphatic carbocycles. The number of anilines is 1. The third kappa shape index (κ3) is 3.57. The summed E-state index contributed by atoms with van der Waals surface area (Å²) in [5, 5.41) is 3.36. The summed E-state index contributed by atoms with van der Waals surface area (Å²) in [5.41, 5.74) is 1.85. The van der Waals surface area contributed by atoms with E-state index in [0.717, 1.165) is 49.6 Å². The molecule has 130 valence electrons. The number of benzene rings is 1. The van der Waals surface area contributed by atoms with Crippen LogP contribution < -0.4 is 9.62 Å². The lowest BCUT2D eigenvalue weighted by Gasteiger charge is -2.21. The molecule has 1 aromatic heterocycles. The third-order valence-corrected chi connectivity index (χ3v) is 5.33. The lowest BCUT2D eigenvalue weighted by molar-refractivity contribution is 0.0564. The van der Waals surface area contributed by atoms with Crippen molar-refractivity contribution < 1.29 is 17.2 Å². The van der Waals surface area contributed by atoms with Crippen molar-refractivity contribution in [2.45, 2.75) is 30.8 Å². The third-order valence-electron chi connectivity index (χ3n) is 3.98. The minimum atomic E-state index is -3.90. The number of hydrogen-bond donors (Lipinski definition) is 1. The van der Waals surface area contributed by atoms with Crippen molar-refractivity contribution in [3.05, 3.63) is 42.2 Å². The molecule has 0 spiro atoms. The van der Waals surface area contributed by atoms with Crippen LogP contribution in [0.25, 0.3) is 0 Å². The van der Waals surface area contributed by atoms with Crippen molar-refractivity contribution in [3.63, 3.8) is 0 Å². The van der Waals surface area contributed by atoms with Crippen LogP contribution in [0.15, 0.2) is 41.6 Å². The number of sulfonamides is 1. The maximum absolute atomic E-state index is 12.5. The standard InChI is InChI=1S/C15H18F2N4O2S/c16-15(17)21-11-13(10-18-21)24(22,23)19-9-12-5-1-2-6-14(12)20-7-3-4-8-20/h1-2,5-6,10-11,15,19H,3-4,7-9H2. The number of hydrogen-bond acceptors (Lipinski definition) is 4. The van der Waals surface area contributed by atoms with Crippen molar-refractivity contribution in [2.24, 2.45) is 0 Å². The van der Waals surface area contributed by atoms with E-state index in [-0.39, 0.29) is 11.4 Å². The SMILES string of the molecule is O=S(=O)(NCc1ccccc1N1CCCC1)c1cnn(C(F)F)c1. The first-order chi connectivity index (χ1) is 11.5. The largest absolute Gasteiger partial charge is 0.371 e. The van der Waals surface area contributed by atoms with E-state index in [9.17, 15) is 17.2 Å². The summed E-state index contributed by atoms with van der Waals surface area (Å²) in [7, 11) is -3.90. The summed E-state index contributed by atoms with van der Waals surface area (Å²) in [6.45, 7) is -0.880. The van der Waals surface area contributed by atoms with Crippen molar-refractivity contribution in [1.82, 2.24) is 14.5 Å². The van der Waals surface area contributed by atoms with E-state index in [2.05, 4.69) is 14.7 Å². The van der Waals surface area contributed by atoms with Crippen molar-refractivity contribution in [2.75, 3.05) is 18.0 Å². The van der Waals surface area contributed by atoms with Gasteiger partial charge in [-0.15, -0.1) is 0 Å². The van der Waals surface area contributed by atoms with Gasteiger partial charge in [0.1, 0.15) is 4.90 Å². The smallest absolute Gasteiger partial charge is 0.333 e. The lowest BCUT2D eigenvalue weighted by Crippen LogP contribution is -2.25. The second kappa shape index (κ2) is 6.86. The summed E-state index contributed by atoms with van der Waals surface area (Å²) in [6.07, 6.45) is 3.97. The van der Waals surface area contributed by atoms with Crippen LogP contribution in [0.2, 0.25) is 0 Å². The molecule has 0 unspecified atom stereocenters. The molecule has 9 heteroatoms. The van der Waals surface area contributed by atoms with Gasteiger partial charge in [0.2, 0.25) is 10.0 Å². The van der Waals surface area contributed by atoms with Crippen molar-refractivity contribution in [1.29, 1.82) is 0 Å². The molecule has 1 fully saturated rings. The van der Waals surface area contributed by atoms with E-state index >= 15 is 0 Å². The van der Waals surface area contributed by atoms with Crippen LogP contribution in [0.3, 0.4) is 0 Å². The molecule has 1 saturated heterocycles. The molecule has 24 heavy (non-hydrogen) atoms. The molecule has 0 bridgehead atoms. The van der Waals surface area contributed by atoms with Gasteiger partial charge in [-0.1, -0.05) is 18.2 Å². The van der Waals surface area contributed by atoms with Gasteiger partial charge in [0, 0.05) is 25.3 Å². The average Bonchev–Trinajstić information content (AvgIpc) is 3.25. The molecule has 2 heterocycles. The Morgan fingerprint density at radius 1 is 1.21 bits per heavy atom. The Morgan fingerprint density at radius 2 is 1.92 bits per heavy atom. The van der Waals surface area contributed by atoms with Gasteiger partial charge < -0.3 is 4.90 Å². The van der Waals surface area contributed by atoms with Gasteiger partial charge in [-0.2, -0.15) is 13.9 Å². The second-order valence-electron chi connectivity index (χ2n) is 5.58. The number of alkyl halides is 2. The zero-order chi connectivity index (χ0) is 17.2. The molecule has 0 saturated carbocycles. The minimum absolute atomic E-state index is 0.0921. The maximum atomic E-state index is 12.5. The summed E-state index contributed by atoms with van der Waals surface area (Å²) >= 11 is 0. The fraction of sp³-hybridized carbons (Fsp3) is 0.400. The molecule has 1 aliphatic rings. The molecule has 1 aliphatic heterocycles. The van der Waals surface area contributed by atoms with Crippen LogP contribution in [-0.2, 0) is 16.6 Å². The molecule has 3 rings (SSSR count). The fourth-order valence-corrected chi connectivity index (χ4v) is 3.69. The Morgan fingerprint density at radius 3 is 2.58 bits per heavy atom. The molecule has 0 radical (unpaired) electrons. The van der Waals surface area contributed by atoms with Crippen molar-refractivity contribution in [3.8, 4) is 0 Å². The average molecular weight is 356 g/mol. The molecular formula is C15H18F2N4O2S. The predicted octanol–water partition coefficient (Wildman–Crippen LogP) is 2.36. The van der Waals surface area contributed by atoms with Gasteiger partial charge in [0.25, 0.3) is 0 Å². The summed E-state index contributed by atoms with van der Waals surface area (Å²) in [5.74, 6) is 0. The predicted molar refractivity (Wildman–Crippen MR) is 85.4 cm³/mol. The Kier molecular flexibility index (Phi) is 4.81. The lowest BCUT2D eigenvalue weighted by atomic mass is 10.1. The highest BCUT2D eigenvalue weighted by molar-refractivity contribution is 7.89. The molecular weight excluding hydrogens is 338 g/mol. The fourth-order valence-electron chi connectivity index (χ4n) is 2.75. The number of para-hydroxylation sites is 1. The molecule has 0 atom stereocenters. The Labute approximate surface area is 139 Å². The van der Waals surface area contributed by atoms with Crippen molar-refractivity contribution >= 4 is 15.7 Å². The van der Waals surface area contributed by atoms with E-state index in [0.29, 0.717) is 4.68 Å². The highest BCUT2D eigenvalue weighted by Gasteiger charge is 2.20. The van der Waals surface area contributed by atoms with Gasteiger partial charge in [0.15, 0.2) is 0 Å². The van der Waals surface area contributed by atoms with Crippen LogP contribution in [0.4, 0.5) is 14.5 Å². The van der Waals surface area contributed by atoms with E-state index < -0.39 is 16.6 Å². The first kappa shape index (κ1) is 16.8. The Balaban J connectivity index is 1.75. The quantitative estimate of drug-likeness (QED) is 0.863. The van der Waals surface area contributed by atoms with E-state index in [1.54, 1.807) is 0 Å². The first-order valence-electron chi connectivity index (χ1n) is 7.62. The normalized spacial score (nSPS) is 15.4. The summed E-state index contributed by atoms with van der Waals surface area (Å²) in [6, 6.07) is 7.58. The number of nitrogens with one attached hydrogen (secondary N) is 1. The van der Waals surface area contributed by atoms with Gasteiger partial charge in [-0.3, -0.25) is 0 Å². The van der Waals surface area contributed by atoms with Crippen LogP contribution in [0.1, 0.15) is 25.0 Å². The van der Waals surface area contributed by atoms with Crippen LogP contribution in [0, 0.1) is 0 Å². The monoisotopic (exact) mass is 356 g/mol. The highest BCUT2D eigenvalue weighted by atomic mass is 32.2. The maximum Gasteiger partial charge on any atom is 0.333 e. The van der Waals surface area contributed by atoms with Crippen LogP contribution >= 0.6 is 0 Å². The number of aromatic nitrogens is 2. The topological polar surface area (TPSA) is 67.2 Å².